The van der Waals surface area contributed by atoms with Gasteiger partial charge in [0, 0.05) is 34.1 Å². The van der Waals surface area contributed by atoms with Crippen LogP contribution in [0, 0.1) is 6.92 Å². The molecule has 1 aromatic rings. The van der Waals surface area contributed by atoms with Crippen LogP contribution in [0.1, 0.15) is 24.0 Å². The highest BCUT2D eigenvalue weighted by molar-refractivity contribution is 6.32. The summed E-state index contributed by atoms with van der Waals surface area (Å²) in [6.07, 6.45) is 0.623. The summed E-state index contributed by atoms with van der Waals surface area (Å²) in [5.74, 6) is -0.280. The number of fused-ring (bicyclic) bond motifs is 1. The Morgan fingerprint density at radius 1 is 1.26 bits per heavy atom. The number of rotatable bonds is 2. The number of amides is 1. The molecule has 0 atom stereocenters. The predicted octanol–water partition coefficient (Wildman–Crippen LogP) is 3.86. The van der Waals surface area contributed by atoms with Crippen molar-refractivity contribution in [1.29, 1.82) is 0 Å². The van der Waals surface area contributed by atoms with E-state index < -0.39 is 17.7 Å². The van der Waals surface area contributed by atoms with Gasteiger partial charge in [-0.2, -0.15) is 13.2 Å². The van der Waals surface area contributed by atoms with Crippen molar-refractivity contribution >= 4 is 29.4 Å². The summed E-state index contributed by atoms with van der Waals surface area (Å²) >= 11 is 5.98. The van der Waals surface area contributed by atoms with Gasteiger partial charge >= 0.3 is 6.18 Å². The molecule has 3 N–H and O–H groups in total. The molecule has 0 unspecified atom stereocenters. The highest BCUT2D eigenvalue weighted by Crippen LogP contribution is 2.36. The average molecular weight is 398 g/mol. The SMILES string of the molecule is Cc1cc(=O)[nH]c2c1C=C(NC(=O)C1=C(Cl)CCC(C(F)(F)F)=C1)C=CN2. The van der Waals surface area contributed by atoms with Crippen LogP contribution in [0.4, 0.5) is 19.0 Å². The summed E-state index contributed by atoms with van der Waals surface area (Å²) in [7, 11) is 0. The van der Waals surface area contributed by atoms with Crippen molar-refractivity contribution in [1.82, 2.24) is 10.3 Å². The lowest BCUT2D eigenvalue weighted by molar-refractivity contribution is -0.116. The second-order valence-corrected chi connectivity index (χ2v) is 6.58. The number of hydrogen-bond acceptors (Lipinski definition) is 3. The maximum absolute atomic E-state index is 12.9. The van der Waals surface area contributed by atoms with Crippen molar-refractivity contribution in [2.24, 2.45) is 0 Å². The number of halogens is 4. The molecule has 9 heteroatoms. The molecular formula is C18H15ClF3N3O2. The number of aromatic amines is 1. The molecule has 0 aromatic carbocycles. The Morgan fingerprint density at radius 3 is 2.70 bits per heavy atom. The molecule has 2 aliphatic rings. The predicted molar refractivity (Wildman–Crippen MR) is 96.9 cm³/mol. The summed E-state index contributed by atoms with van der Waals surface area (Å²) in [5, 5.41) is 5.53. The highest BCUT2D eigenvalue weighted by Gasteiger charge is 2.36. The lowest BCUT2D eigenvalue weighted by Gasteiger charge is -2.18. The molecule has 1 aliphatic carbocycles. The van der Waals surface area contributed by atoms with Gasteiger partial charge in [0.1, 0.15) is 5.82 Å². The number of hydrogen-bond donors (Lipinski definition) is 3. The number of aromatic nitrogens is 1. The fourth-order valence-electron chi connectivity index (χ4n) is 2.81. The number of allylic oxidation sites excluding steroid dienone is 3. The van der Waals surface area contributed by atoms with Crippen LogP contribution in [0.2, 0.25) is 0 Å². The zero-order chi connectivity index (χ0) is 19.8. The maximum atomic E-state index is 12.9. The van der Waals surface area contributed by atoms with Gasteiger partial charge in [-0.1, -0.05) is 11.6 Å². The van der Waals surface area contributed by atoms with Crippen molar-refractivity contribution in [2.75, 3.05) is 5.32 Å². The van der Waals surface area contributed by atoms with Crippen LogP contribution >= 0.6 is 11.6 Å². The second-order valence-electron chi connectivity index (χ2n) is 6.12. The molecule has 1 amide bonds. The first-order valence-corrected chi connectivity index (χ1v) is 8.39. The Bertz CT molecular complexity index is 985. The minimum atomic E-state index is -4.50. The monoisotopic (exact) mass is 397 g/mol. The van der Waals surface area contributed by atoms with E-state index in [9.17, 15) is 22.8 Å². The van der Waals surface area contributed by atoms with Gasteiger partial charge in [-0.05, 0) is 43.6 Å². The third kappa shape index (κ3) is 4.16. The van der Waals surface area contributed by atoms with E-state index in [1.807, 2.05) is 0 Å². The fraction of sp³-hybridized carbons (Fsp3) is 0.222. The average Bonchev–Trinajstić information content (AvgIpc) is 2.76. The zero-order valence-corrected chi connectivity index (χ0v) is 14.9. The number of pyridine rings is 1. The quantitative estimate of drug-likeness (QED) is 0.709. The molecule has 0 bridgehead atoms. The number of anilines is 1. The van der Waals surface area contributed by atoms with Gasteiger partial charge in [-0.25, -0.2) is 0 Å². The van der Waals surface area contributed by atoms with Gasteiger partial charge in [0.15, 0.2) is 0 Å². The van der Waals surface area contributed by atoms with Crippen LogP contribution in [0.15, 0.2) is 51.1 Å². The van der Waals surface area contributed by atoms with Crippen molar-refractivity contribution in [2.45, 2.75) is 25.9 Å². The standard InChI is InChI=1S/C18H15ClF3N3O2/c1-9-6-15(26)25-16-12(9)8-11(4-5-23-16)24-17(27)13-7-10(18(20,21)22)2-3-14(13)19/h4-8H,2-3H2,1H3,(H,24,27)(H2,23,25,26). The Hall–Kier alpha value is -2.74. The molecule has 5 nitrogen and oxygen atoms in total. The normalized spacial score (nSPS) is 16.8. The van der Waals surface area contributed by atoms with E-state index in [1.54, 1.807) is 13.0 Å². The first kappa shape index (κ1) is 19.0. The molecule has 3 rings (SSSR count). The third-order valence-corrected chi connectivity index (χ3v) is 4.56. The van der Waals surface area contributed by atoms with Crippen LogP contribution in [0.5, 0.6) is 0 Å². The number of alkyl halides is 3. The molecule has 0 spiro atoms. The van der Waals surface area contributed by atoms with Gasteiger partial charge < -0.3 is 15.6 Å². The van der Waals surface area contributed by atoms with Crippen LogP contribution in [-0.4, -0.2) is 17.1 Å². The van der Waals surface area contributed by atoms with Crippen molar-refractivity contribution < 1.29 is 18.0 Å². The van der Waals surface area contributed by atoms with E-state index in [1.165, 1.54) is 18.3 Å². The minimum Gasteiger partial charge on any atom is -0.348 e. The second kappa shape index (κ2) is 7.11. The molecule has 27 heavy (non-hydrogen) atoms. The molecule has 0 radical (unpaired) electrons. The molecular weight excluding hydrogens is 383 g/mol. The lowest BCUT2D eigenvalue weighted by atomic mass is 9.98. The largest absolute Gasteiger partial charge is 0.412 e. The zero-order valence-electron chi connectivity index (χ0n) is 14.1. The van der Waals surface area contributed by atoms with Crippen LogP contribution in [0.3, 0.4) is 0 Å². The van der Waals surface area contributed by atoms with Gasteiger partial charge in [0.05, 0.1) is 5.57 Å². The Kier molecular flexibility index (Phi) is 5.01. The number of nitrogens with one attached hydrogen (secondary N) is 3. The molecule has 1 aliphatic heterocycles. The van der Waals surface area contributed by atoms with Crippen molar-refractivity contribution in [3.05, 3.63) is 67.8 Å². The van der Waals surface area contributed by atoms with Crippen LogP contribution in [0.25, 0.3) is 6.08 Å². The number of carbonyl (C=O) groups is 1. The summed E-state index contributed by atoms with van der Waals surface area (Å²) in [4.78, 5) is 26.7. The Morgan fingerprint density at radius 2 is 2.00 bits per heavy atom. The minimum absolute atomic E-state index is 0.0464. The Labute approximate surface area is 157 Å². The molecule has 2 heterocycles. The lowest BCUT2D eigenvalue weighted by Crippen LogP contribution is -2.26. The van der Waals surface area contributed by atoms with E-state index >= 15 is 0 Å². The molecule has 0 fully saturated rings. The number of carbonyl (C=O) groups excluding carboxylic acids is 1. The molecule has 0 saturated heterocycles. The number of H-pyrrole nitrogens is 1. The van der Waals surface area contributed by atoms with E-state index in [0.717, 1.165) is 6.08 Å². The Balaban J connectivity index is 1.90. The fourth-order valence-corrected chi connectivity index (χ4v) is 3.04. The van der Waals surface area contributed by atoms with E-state index in [0.29, 0.717) is 22.6 Å². The first-order valence-electron chi connectivity index (χ1n) is 8.01. The van der Waals surface area contributed by atoms with Gasteiger partial charge in [0.25, 0.3) is 5.91 Å². The van der Waals surface area contributed by atoms with Crippen LogP contribution < -0.4 is 16.2 Å². The third-order valence-electron chi connectivity index (χ3n) is 4.17. The first-order chi connectivity index (χ1) is 12.6. The summed E-state index contributed by atoms with van der Waals surface area (Å²) in [5.41, 5.74) is 0.377. The van der Waals surface area contributed by atoms with Crippen molar-refractivity contribution in [3.8, 4) is 0 Å². The summed E-state index contributed by atoms with van der Waals surface area (Å²) in [6.45, 7) is 1.73. The van der Waals surface area contributed by atoms with E-state index in [4.69, 9.17) is 11.6 Å². The summed E-state index contributed by atoms with van der Waals surface area (Å²) < 4.78 is 38.8. The highest BCUT2D eigenvalue weighted by atomic mass is 35.5. The van der Waals surface area contributed by atoms with Crippen LogP contribution in [-0.2, 0) is 4.79 Å². The molecule has 142 valence electrons. The van der Waals surface area contributed by atoms with Crippen molar-refractivity contribution in [3.63, 3.8) is 0 Å². The summed E-state index contributed by atoms with van der Waals surface area (Å²) in [6, 6.07) is 1.40. The number of aryl methyl sites for hydroxylation is 1. The van der Waals surface area contributed by atoms with E-state index in [2.05, 4.69) is 15.6 Å². The smallest absolute Gasteiger partial charge is 0.348 e. The van der Waals surface area contributed by atoms with Gasteiger partial charge in [-0.3, -0.25) is 9.59 Å². The van der Waals surface area contributed by atoms with E-state index in [-0.39, 0.29) is 29.0 Å². The maximum Gasteiger partial charge on any atom is 0.412 e. The molecule has 1 aromatic heterocycles. The molecule has 0 saturated carbocycles. The van der Waals surface area contributed by atoms with Gasteiger partial charge in [-0.15, -0.1) is 0 Å². The van der Waals surface area contributed by atoms with Gasteiger partial charge in [0.2, 0.25) is 5.56 Å². The topological polar surface area (TPSA) is 74.0 Å².